The van der Waals surface area contributed by atoms with Crippen molar-refractivity contribution in [1.29, 1.82) is 0 Å². The van der Waals surface area contributed by atoms with Gasteiger partial charge in [0.05, 0.1) is 0 Å². The molecule has 2 N–H and O–H groups in total. The van der Waals surface area contributed by atoms with Gasteiger partial charge in [0.1, 0.15) is 11.5 Å². The Morgan fingerprint density at radius 3 is 1.47 bits per heavy atom. The second-order valence-corrected chi connectivity index (χ2v) is 10.2. The van der Waals surface area contributed by atoms with Gasteiger partial charge in [0, 0.05) is 49.7 Å². The molecule has 0 radical (unpaired) electrons. The molecule has 8 atom stereocenters. The molecule has 2 aromatic rings. The minimum absolute atomic E-state index is 0.366. The third-order valence-corrected chi connectivity index (χ3v) is 9.08. The van der Waals surface area contributed by atoms with Crippen molar-refractivity contribution in [3.8, 4) is 11.5 Å². The fourth-order valence-electron chi connectivity index (χ4n) is 8.02. The molecule has 0 unspecified atom stereocenters. The van der Waals surface area contributed by atoms with Gasteiger partial charge in [-0.25, -0.2) is 0 Å². The minimum atomic E-state index is 0.366. The summed E-state index contributed by atoms with van der Waals surface area (Å²) >= 11 is 0. The Morgan fingerprint density at radius 2 is 1.03 bits per heavy atom. The zero-order valence-corrected chi connectivity index (χ0v) is 17.0. The second-order valence-electron chi connectivity index (χ2n) is 10.2. The van der Waals surface area contributed by atoms with Crippen molar-refractivity contribution in [2.45, 2.75) is 0 Å². The van der Waals surface area contributed by atoms with Gasteiger partial charge in [-0.1, -0.05) is 24.3 Å². The predicted molar refractivity (Wildman–Crippen MR) is 118 cm³/mol. The van der Waals surface area contributed by atoms with Gasteiger partial charge in [0.15, 0.2) is 0 Å². The molecular weight excluding hydrogens is 372 g/mol. The van der Waals surface area contributed by atoms with E-state index < -0.39 is 0 Å². The number of aromatic hydroxyl groups is 2. The lowest BCUT2D eigenvalue weighted by atomic mass is 9.40. The summed E-state index contributed by atoms with van der Waals surface area (Å²) in [5.74, 6) is 6.90. The average Bonchev–Trinajstić information content (AvgIpc) is 3.35. The van der Waals surface area contributed by atoms with Crippen LogP contribution in [-0.2, 0) is 0 Å². The van der Waals surface area contributed by atoms with Gasteiger partial charge < -0.3 is 20.0 Å². The molecule has 4 aliphatic carbocycles. The van der Waals surface area contributed by atoms with E-state index in [1.165, 1.54) is 11.4 Å². The summed E-state index contributed by atoms with van der Waals surface area (Å²) in [5, 5.41) is 19.8. The molecule has 2 saturated heterocycles. The Kier molecular flexibility index (Phi) is 3.40. The third kappa shape index (κ3) is 2.22. The Balaban J connectivity index is 1.14. The van der Waals surface area contributed by atoms with Crippen molar-refractivity contribution in [3.63, 3.8) is 0 Å². The highest BCUT2D eigenvalue weighted by Gasteiger charge is 2.66. The number of fused-ring (bicyclic) bond motifs is 1. The predicted octanol–water partition coefficient (Wildman–Crippen LogP) is 3.96. The van der Waals surface area contributed by atoms with Gasteiger partial charge in [0.25, 0.3) is 0 Å². The number of allylic oxidation sites excluding steroid dienone is 2. The van der Waals surface area contributed by atoms with Crippen LogP contribution in [0.1, 0.15) is 0 Å². The number of nitrogens with zero attached hydrogens (tertiary/aromatic N) is 2. The number of hydrogen-bond acceptors (Lipinski definition) is 4. The molecule has 6 aliphatic rings. The fraction of sp³-hybridized carbons (Fsp3) is 0.462. The molecule has 0 amide bonds. The molecular formula is C26H28N2O2. The first-order valence-electron chi connectivity index (χ1n) is 11.4. The van der Waals surface area contributed by atoms with Gasteiger partial charge >= 0.3 is 0 Å². The van der Waals surface area contributed by atoms with Gasteiger partial charge in [-0.2, -0.15) is 0 Å². The molecule has 154 valence electrons. The van der Waals surface area contributed by atoms with E-state index in [0.29, 0.717) is 23.3 Å². The van der Waals surface area contributed by atoms with E-state index in [1.807, 2.05) is 24.3 Å². The van der Waals surface area contributed by atoms with Crippen LogP contribution < -0.4 is 9.80 Å². The minimum Gasteiger partial charge on any atom is -0.508 e. The van der Waals surface area contributed by atoms with Crippen LogP contribution in [0.25, 0.3) is 0 Å². The van der Waals surface area contributed by atoms with Crippen LogP contribution in [0, 0.1) is 47.3 Å². The highest BCUT2D eigenvalue weighted by atomic mass is 16.3. The lowest BCUT2D eigenvalue weighted by molar-refractivity contribution is -0.119. The summed E-state index contributed by atoms with van der Waals surface area (Å²) in [7, 11) is 0. The summed E-state index contributed by atoms with van der Waals surface area (Å²) in [4.78, 5) is 5.03. The molecule has 4 heteroatoms. The maximum atomic E-state index is 9.93. The van der Waals surface area contributed by atoms with E-state index >= 15 is 0 Å². The molecule has 0 aromatic heterocycles. The Bertz CT molecular complexity index is 999. The van der Waals surface area contributed by atoms with Crippen molar-refractivity contribution < 1.29 is 10.2 Å². The molecule has 4 fully saturated rings. The van der Waals surface area contributed by atoms with Crippen molar-refractivity contribution >= 4 is 11.4 Å². The zero-order valence-electron chi connectivity index (χ0n) is 17.0. The molecule has 2 aliphatic heterocycles. The summed E-state index contributed by atoms with van der Waals surface area (Å²) in [6.45, 7) is 4.52. The summed E-state index contributed by atoms with van der Waals surface area (Å²) in [6.07, 6.45) is 5.12. The molecule has 8 rings (SSSR count). The molecule has 2 saturated carbocycles. The van der Waals surface area contributed by atoms with Crippen molar-refractivity contribution in [2.75, 3.05) is 36.0 Å². The van der Waals surface area contributed by atoms with Gasteiger partial charge in [0.2, 0.25) is 0 Å². The SMILES string of the molecule is Oc1cccc(N2C[C@H]3[C@@H]4C=C[C@@H]([C@@H]3C2)[C@H]2[C@H]3CN(c5cccc(O)c5)C[C@@H]3[C@H]42)c1. The molecule has 30 heavy (non-hydrogen) atoms. The van der Waals surface area contributed by atoms with Crippen LogP contribution in [-0.4, -0.2) is 36.4 Å². The molecule has 2 heterocycles. The summed E-state index contributed by atoms with van der Waals surface area (Å²) in [5.41, 5.74) is 2.35. The highest BCUT2D eigenvalue weighted by Crippen LogP contribution is 2.67. The largest absolute Gasteiger partial charge is 0.508 e. The van der Waals surface area contributed by atoms with Crippen LogP contribution in [0.5, 0.6) is 11.5 Å². The topological polar surface area (TPSA) is 46.9 Å². The molecule has 4 nitrogen and oxygen atoms in total. The Morgan fingerprint density at radius 1 is 0.600 bits per heavy atom. The van der Waals surface area contributed by atoms with Crippen LogP contribution in [0.3, 0.4) is 0 Å². The standard InChI is InChI=1S/C26H28N2O2/c29-17-5-1-3-15(9-17)27-11-21-19-7-8-20(22(21)12-27)26-24-14-28(13-23(24)25(19)26)16-4-2-6-18(30)10-16/h1-10,19-26,29-30H,11-14H2/t19-,20-,21-,22-,23-,24-,25-,26-/m0/s1. The van der Waals surface area contributed by atoms with E-state index in [9.17, 15) is 10.2 Å². The zero-order chi connectivity index (χ0) is 20.0. The summed E-state index contributed by atoms with van der Waals surface area (Å²) < 4.78 is 0. The van der Waals surface area contributed by atoms with Crippen LogP contribution in [0.2, 0.25) is 0 Å². The second kappa shape index (κ2) is 5.96. The number of hydrogen-bond donors (Lipinski definition) is 2. The van der Waals surface area contributed by atoms with Gasteiger partial charge in [-0.15, -0.1) is 0 Å². The van der Waals surface area contributed by atoms with Crippen molar-refractivity contribution in [3.05, 3.63) is 60.7 Å². The number of rotatable bonds is 2. The molecule has 2 aromatic carbocycles. The first kappa shape index (κ1) is 17.1. The number of phenolic OH excluding ortho intramolecular Hbond substituents is 2. The fourth-order valence-corrected chi connectivity index (χ4v) is 8.02. The lowest BCUT2D eigenvalue weighted by Gasteiger charge is -2.63. The van der Waals surface area contributed by atoms with E-state index in [2.05, 4.69) is 34.1 Å². The molecule has 2 bridgehead atoms. The number of phenols is 2. The number of anilines is 2. The Hall–Kier alpha value is -2.62. The third-order valence-electron chi connectivity index (χ3n) is 9.08. The maximum absolute atomic E-state index is 9.93. The normalized spacial score (nSPS) is 40.1. The van der Waals surface area contributed by atoms with E-state index in [4.69, 9.17) is 0 Å². The lowest BCUT2D eigenvalue weighted by Crippen LogP contribution is -2.61. The van der Waals surface area contributed by atoms with Gasteiger partial charge in [-0.05, 0) is 71.6 Å². The van der Waals surface area contributed by atoms with Gasteiger partial charge in [-0.3, -0.25) is 0 Å². The quantitative estimate of drug-likeness (QED) is 0.749. The van der Waals surface area contributed by atoms with E-state index in [0.717, 1.165) is 61.7 Å². The number of benzene rings is 2. The maximum Gasteiger partial charge on any atom is 0.117 e. The Labute approximate surface area is 177 Å². The highest BCUT2D eigenvalue weighted by molar-refractivity contribution is 5.54. The van der Waals surface area contributed by atoms with Crippen molar-refractivity contribution in [2.24, 2.45) is 47.3 Å². The monoisotopic (exact) mass is 400 g/mol. The summed E-state index contributed by atoms with van der Waals surface area (Å²) in [6, 6.07) is 15.6. The van der Waals surface area contributed by atoms with E-state index in [-0.39, 0.29) is 0 Å². The smallest absolute Gasteiger partial charge is 0.117 e. The first-order chi connectivity index (χ1) is 14.7. The van der Waals surface area contributed by atoms with Crippen LogP contribution >= 0.6 is 0 Å². The average molecular weight is 401 g/mol. The van der Waals surface area contributed by atoms with Crippen LogP contribution in [0.15, 0.2) is 60.7 Å². The van der Waals surface area contributed by atoms with E-state index in [1.54, 1.807) is 12.1 Å². The first-order valence-corrected chi connectivity index (χ1v) is 11.4. The van der Waals surface area contributed by atoms with Crippen LogP contribution in [0.4, 0.5) is 11.4 Å². The molecule has 0 spiro atoms. The van der Waals surface area contributed by atoms with Crippen molar-refractivity contribution in [1.82, 2.24) is 0 Å².